The van der Waals surface area contributed by atoms with Gasteiger partial charge < -0.3 is 10.3 Å². The second-order valence-electron chi connectivity index (χ2n) is 2.92. The van der Waals surface area contributed by atoms with Gasteiger partial charge in [-0.05, 0) is 35.8 Å². The monoisotopic (exact) mass is 193 g/mol. The highest BCUT2D eigenvalue weighted by atomic mass is 19.1. The van der Waals surface area contributed by atoms with Crippen molar-refractivity contribution in [3.05, 3.63) is 29.6 Å². The molecule has 0 saturated carbocycles. The second-order valence-corrected chi connectivity index (χ2v) is 2.92. The number of anilines is 1. The molecule has 0 unspecified atom stereocenters. The molecule has 2 rings (SSSR count). The topological polar surface area (TPSA) is 64.9 Å². The highest BCUT2D eigenvalue weighted by Crippen LogP contribution is 2.22. The summed E-state index contributed by atoms with van der Waals surface area (Å²) in [6.07, 6.45) is 0. The van der Waals surface area contributed by atoms with E-state index in [1.54, 1.807) is 13.0 Å². The third kappa shape index (κ3) is 1.44. The van der Waals surface area contributed by atoms with Crippen LogP contribution < -0.4 is 5.73 Å². The average molecular weight is 193 g/mol. The summed E-state index contributed by atoms with van der Waals surface area (Å²) in [5.74, 6) is 0.0856. The summed E-state index contributed by atoms with van der Waals surface area (Å²) < 4.78 is 17.6. The van der Waals surface area contributed by atoms with E-state index >= 15 is 0 Å². The van der Waals surface area contributed by atoms with Crippen molar-refractivity contribution in [3.63, 3.8) is 0 Å². The van der Waals surface area contributed by atoms with E-state index in [0.29, 0.717) is 11.5 Å². The molecule has 2 aromatic rings. The molecule has 5 heteroatoms. The number of nitrogen functional groups attached to an aromatic ring is 1. The summed E-state index contributed by atoms with van der Waals surface area (Å²) >= 11 is 0. The van der Waals surface area contributed by atoms with E-state index < -0.39 is 0 Å². The highest BCUT2D eigenvalue weighted by molar-refractivity contribution is 5.58. The van der Waals surface area contributed by atoms with Gasteiger partial charge in [-0.1, -0.05) is 0 Å². The first-order chi connectivity index (χ1) is 6.66. The Morgan fingerprint density at radius 1 is 1.43 bits per heavy atom. The van der Waals surface area contributed by atoms with Gasteiger partial charge in [0.05, 0.1) is 0 Å². The predicted octanol–water partition coefficient (Wildman–Crippen LogP) is 1.77. The zero-order valence-electron chi connectivity index (χ0n) is 7.49. The molecular formula is C9H8FN3O. The number of halogens is 1. The Balaban J connectivity index is 2.52. The first-order valence-corrected chi connectivity index (χ1v) is 4.02. The van der Waals surface area contributed by atoms with E-state index in [9.17, 15) is 4.39 Å². The van der Waals surface area contributed by atoms with Gasteiger partial charge >= 0.3 is 0 Å². The van der Waals surface area contributed by atoms with Crippen molar-refractivity contribution in [1.82, 2.24) is 10.1 Å². The molecule has 1 heterocycles. The lowest BCUT2D eigenvalue weighted by Gasteiger charge is -1.99. The van der Waals surface area contributed by atoms with Gasteiger partial charge in [0.2, 0.25) is 0 Å². The van der Waals surface area contributed by atoms with Gasteiger partial charge in [-0.2, -0.15) is 4.98 Å². The molecule has 0 aliphatic heterocycles. The SMILES string of the molecule is Cc1cc(F)ccc1-c1nc(N)no1. The maximum atomic E-state index is 12.8. The molecule has 0 aliphatic rings. The van der Waals surface area contributed by atoms with Crippen LogP contribution in [0.25, 0.3) is 11.5 Å². The maximum absolute atomic E-state index is 12.8. The van der Waals surface area contributed by atoms with Crippen molar-refractivity contribution in [2.24, 2.45) is 0 Å². The molecule has 2 N–H and O–H groups in total. The van der Waals surface area contributed by atoms with Gasteiger partial charge in [0.25, 0.3) is 11.8 Å². The molecule has 0 aliphatic carbocycles. The van der Waals surface area contributed by atoms with Crippen molar-refractivity contribution in [1.29, 1.82) is 0 Å². The van der Waals surface area contributed by atoms with Crippen LogP contribution in [0.15, 0.2) is 22.7 Å². The van der Waals surface area contributed by atoms with Crippen molar-refractivity contribution >= 4 is 5.95 Å². The Hall–Kier alpha value is -1.91. The van der Waals surface area contributed by atoms with E-state index in [-0.39, 0.29) is 11.8 Å². The minimum Gasteiger partial charge on any atom is -0.365 e. The molecule has 0 spiro atoms. The first-order valence-electron chi connectivity index (χ1n) is 4.02. The fourth-order valence-corrected chi connectivity index (χ4v) is 1.21. The number of nitrogens with two attached hydrogens (primary N) is 1. The number of hydrogen-bond acceptors (Lipinski definition) is 4. The van der Waals surface area contributed by atoms with Gasteiger partial charge in [0.15, 0.2) is 0 Å². The van der Waals surface area contributed by atoms with Gasteiger partial charge in [0, 0.05) is 5.56 Å². The largest absolute Gasteiger partial charge is 0.365 e. The Morgan fingerprint density at radius 2 is 2.21 bits per heavy atom. The zero-order chi connectivity index (χ0) is 10.1. The normalized spacial score (nSPS) is 10.4. The Bertz CT molecular complexity index is 467. The lowest BCUT2D eigenvalue weighted by Crippen LogP contribution is -1.87. The molecule has 0 amide bonds. The lowest BCUT2D eigenvalue weighted by atomic mass is 10.1. The molecule has 0 saturated heterocycles. The summed E-state index contributed by atoms with van der Waals surface area (Å²) in [6, 6.07) is 4.32. The molecule has 0 bridgehead atoms. The Kier molecular flexibility index (Phi) is 1.92. The van der Waals surface area contributed by atoms with E-state index in [1.165, 1.54) is 12.1 Å². The zero-order valence-corrected chi connectivity index (χ0v) is 7.49. The van der Waals surface area contributed by atoms with Gasteiger partial charge in [-0.15, -0.1) is 0 Å². The summed E-state index contributed by atoms with van der Waals surface area (Å²) in [4.78, 5) is 3.85. The van der Waals surface area contributed by atoms with Crippen LogP contribution in [0.4, 0.5) is 10.3 Å². The number of aromatic nitrogens is 2. The fourth-order valence-electron chi connectivity index (χ4n) is 1.21. The van der Waals surface area contributed by atoms with Gasteiger partial charge in [0.1, 0.15) is 5.82 Å². The quantitative estimate of drug-likeness (QED) is 0.749. The Morgan fingerprint density at radius 3 is 2.79 bits per heavy atom. The number of hydrogen-bond donors (Lipinski definition) is 1. The Labute approximate surface area is 79.5 Å². The van der Waals surface area contributed by atoms with E-state index in [2.05, 4.69) is 10.1 Å². The van der Waals surface area contributed by atoms with Gasteiger partial charge in [-0.3, -0.25) is 0 Å². The molecule has 0 fully saturated rings. The molecule has 4 nitrogen and oxygen atoms in total. The van der Waals surface area contributed by atoms with Crippen molar-refractivity contribution in [2.75, 3.05) is 5.73 Å². The smallest absolute Gasteiger partial charge is 0.261 e. The van der Waals surface area contributed by atoms with E-state index in [4.69, 9.17) is 10.3 Å². The van der Waals surface area contributed by atoms with Crippen molar-refractivity contribution < 1.29 is 8.91 Å². The minimum absolute atomic E-state index is 0.0729. The number of benzene rings is 1. The molecule has 1 aromatic carbocycles. The molecular weight excluding hydrogens is 185 g/mol. The van der Waals surface area contributed by atoms with Gasteiger partial charge in [-0.25, -0.2) is 4.39 Å². The third-order valence-corrected chi connectivity index (χ3v) is 1.86. The third-order valence-electron chi connectivity index (χ3n) is 1.86. The van der Waals surface area contributed by atoms with Crippen molar-refractivity contribution in [3.8, 4) is 11.5 Å². The molecule has 72 valence electrons. The van der Waals surface area contributed by atoms with Crippen LogP contribution in [0.3, 0.4) is 0 Å². The van der Waals surface area contributed by atoms with Crippen LogP contribution in [0.5, 0.6) is 0 Å². The van der Waals surface area contributed by atoms with Crippen LogP contribution >= 0.6 is 0 Å². The second kappa shape index (κ2) is 3.10. The maximum Gasteiger partial charge on any atom is 0.261 e. The molecule has 0 atom stereocenters. The number of nitrogens with zero attached hydrogens (tertiary/aromatic N) is 2. The van der Waals surface area contributed by atoms with Crippen molar-refractivity contribution in [2.45, 2.75) is 6.92 Å². The van der Waals surface area contributed by atoms with Crippen LogP contribution in [0.1, 0.15) is 5.56 Å². The molecule has 14 heavy (non-hydrogen) atoms. The molecule has 0 radical (unpaired) electrons. The van der Waals surface area contributed by atoms with E-state index in [0.717, 1.165) is 5.56 Å². The van der Waals surface area contributed by atoms with Crippen LogP contribution in [-0.4, -0.2) is 10.1 Å². The van der Waals surface area contributed by atoms with Crippen LogP contribution in [-0.2, 0) is 0 Å². The number of rotatable bonds is 1. The van der Waals surface area contributed by atoms with Crippen LogP contribution in [0, 0.1) is 12.7 Å². The minimum atomic E-state index is -0.293. The summed E-state index contributed by atoms with van der Waals surface area (Å²) in [7, 11) is 0. The fraction of sp³-hybridized carbons (Fsp3) is 0.111. The first kappa shape index (κ1) is 8.68. The summed E-state index contributed by atoms with van der Waals surface area (Å²) in [5.41, 5.74) is 6.73. The summed E-state index contributed by atoms with van der Waals surface area (Å²) in [5, 5.41) is 3.45. The van der Waals surface area contributed by atoms with Crippen LogP contribution in [0.2, 0.25) is 0 Å². The lowest BCUT2D eigenvalue weighted by molar-refractivity contribution is 0.432. The molecule has 1 aromatic heterocycles. The number of aryl methyl sites for hydroxylation is 1. The average Bonchev–Trinajstić information content (AvgIpc) is 2.51. The summed E-state index contributed by atoms with van der Waals surface area (Å²) in [6.45, 7) is 1.76. The predicted molar refractivity (Wildman–Crippen MR) is 48.8 cm³/mol. The standard InChI is InChI=1S/C9H8FN3O/c1-5-4-6(10)2-3-7(5)8-12-9(11)13-14-8/h2-4H,1H3,(H2,11,13). The van der Waals surface area contributed by atoms with E-state index in [1.807, 2.05) is 0 Å². The highest BCUT2D eigenvalue weighted by Gasteiger charge is 2.09.